The molecule has 0 unspecified atom stereocenters. The number of carbonyl (C=O) groups is 1. The number of carboxylic acid groups (broad SMARTS) is 1. The van der Waals surface area contributed by atoms with Crippen LogP contribution >= 0.6 is 0 Å². The molecular weight excluding hydrogens is 224 g/mol. The van der Waals surface area contributed by atoms with Crippen LogP contribution in [0.4, 0.5) is 0 Å². The maximum Gasteiger partial charge on any atom is 0.317 e. The maximum atomic E-state index is 10.5. The first-order chi connectivity index (χ1) is 8.15. The summed E-state index contributed by atoms with van der Waals surface area (Å²) in [5, 5.41) is 12.5. The molecule has 0 aliphatic rings. The van der Waals surface area contributed by atoms with Crippen LogP contribution in [0.1, 0.15) is 5.69 Å². The van der Waals surface area contributed by atoms with Crippen molar-refractivity contribution in [3.8, 4) is 11.5 Å². The lowest BCUT2D eigenvalue weighted by Gasteiger charge is -2.10. The van der Waals surface area contributed by atoms with Crippen LogP contribution in [0, 0.1) is 0 Å². The zero-order chi connectivity index (χ0) is 12.3. The van der Waals surface area contributed by atoms with Gasteiger partial charge in [0.1, 0.15) is 0 Å². The second kappa shape index (κ2) is 4.84. The molecule has 0 aliphatic heterocycles. The van der Waals surface area contributed by atoms with Crippen LogP contribution in [0.5, 0.6) is 0 Å². The highest BCUT2D eigenvalue weighted by Crippen LogP contribution is 2.20. The van der Waals surface area contributed by atoms with E-state index in [2.05, 4.69) is 5.16 Å². The predicted molar refractivity (Wildman–Crippen MR) is 58.2 cm³/mol. The van der Waals surface area contributed by atoms with Crippen LogP contribution in [0.2, 0.25) is 0 Å². The minimum absolute atomic E-state index is 0.0387. The predicted octanol–water partition coefficient (Wildman–Crippen LogP) is 1.45. The highest BCUT2D eigenvalue weighted by Gasteiger charge is 2.11. The second-order valence-electron chi connectivity index (χ2n) is 3.73. The quantitative estimate of drug-likeness (QED) is 0.846. The van der Waals surface area contributed by atoms with E-state index < -0.39 is 5.97 Å². The van der Waals surface area contributed by atoms with Crippen LogP contribution in [0.25, 0.3) is 11.5 Å². The zero-order valence-corrected chi connectivity index (χ0v) is 9.29. The van der Waals surface area contributed by atoms with Crippen LogP contribution in [-0.4, -0.2) is 34.7 Å². The summed E-state index contributed by atoms with van der Waals surface area (Å²) in [5.74, 6) is 0.264. The van der Waals surface area contributed by atoms with E-state index in [0.29, 0.717) is 23.8 Å². The minimum Gasteiger partial charge on any atom is -0.480 e. The summed E-state index contributed by atoms with van der Waals surface area (Å²) in [6.45, 7) is 0.374. The molecule has 2 aromatic heterocycles. The summed E-state index contributed by atoms with van der Waals surface area (Å²) in [5.41, 5.74) is 0.667. The monoisotopic (exact) mass is 236 g/mol. The molecule has 0 saturated heterocycles. The Bertz CT molecular complexity index is 489. The number of aromatic nitrogens is 1. The zero-order valence-electron chi connectivity index (χ0n) is 9.29. The van der Waals surface area contributed by atoms with E-state index in [9.17, 15) is 4.79 Å². The van der Waals surface area contributed by atoms with Crippen LogP contribution in [-0.2, 0) is 11.3 Å². The molecule has 0 atom stereocenters. The van der Waals surface area contributed by atoms with Gasteiger partial charge in [-0.25, -0.2) is 0 Å². The Balaban J connectivity index is 2.01. The molecule has 0 amide bonds. The molecule has 2 aromatic rings. The lowest BCUT2D eigenvalue weighted by atomic mass is 10.3. The van der Waals surface area contributed by atoms with Crippen molar-refractivity contribution >= 4 is 5.97 Å². The number of carboxylic acids is 1. The van der Waals surface area contributed by atoms with Gasteiger partial charge in [-0.2, -0.15) is 0 Å². The summed E-state index contributed by atoms with van der Waals surface area (Å²) in [6.07, 6.45) is 1.55. The maximum absolute atomic E-state index is 10.5. The van der Waals surface area contributed by atoms with Crippen LogP contribution in [0.3, 0.4) is 0 Å². The molecular formula is C11H12N2O4. The molecule has 0 fully saturated rings. The highest BCUT2D eigenvalue weighted by atomic mass is 16.5. The van der Waals surface area contributed by atoms with E-state index in [1.165, 1.54) is 0 Å². The summed E-state index contributed by atoms with van der Waals surface area (Å²) < 4.78 is 10.3. The highest BCUT2D eigenvalue weighted by molar-refractivity contribution is 5.69. The number of rotatable bonds is 5. The molecule has 6 heteroatoms. The number of likely N-dealkylation sites (N-methyl/N-ethyl adjacent to an activating group) is 1. The van der Waals surface area contributed by atoms with Crippen molar-refractivity contribution in [1.82, 2.24) is 10.1 Å². The van der Waals surface area contributed by atoms with E-state index in [4.69, 9.17) is 14.0 Å². The third kappa shape index (κ3) is 2.94. The first-order valence-electron chi connectivity index (χ1n) is 5.05. The molecule has 1 N–H and O–H groups in total. The Morgan fingerprint density at radius 3 is 3.00 bits per heavy atom. The summed E-state index contributed by atoms with van der Waals surface area (Å²) in [4.78, 5) is 12.1. The first kappa shape index (κ1) is 11.4. The number of aliphatic carboxylic acids is 1. The van der Waals surface area contributed by atoms with Gasteiger partial charge in [0.15, 0.2) is 5.76 Å². The van der Waals surface area contributed by atoms with Crippen molar-refractivity contribution in [2.75, 3.05) is 13.6 Å². The lowest BCUT2D eigenvalue weighted by Crippen LogP contribution is -2.25. The SMILES string of the molecule is CN(CC(=O)O)Cc1cc(-c2ccco2)on1. The van der Waals surface area contributed by atoms with Gasteiger partial charge in [-0.15, -0.1) is 0 Å². The van der Waals surface area contributed by atoms with Gasteiger partial charge in [-0.1, -0.05) is 5.16 Å². The number of hydrogen-bond donors (Lipinski definition) is 1. The van der Waals surface area contributed by atoms with Crippen molar-refractivity contribution < 1.29 is 18.8 Å². The largest absolute Gasteiger partial charge is 0.480 e. The van der Waals surface area contributed by atoms with Crippen LogP contribution in [0.15, 0.2) is 33.4 Å². The summed E-state index contributed by atoms with van der Waals surface area (Å²) in [6, 6.07) is 5.26. The van der Waals surface area contributed by atoms with E-state index in [1.54, 1.807) is 36.4 Å². The van der Waals surface area contributed by atoms with Gasteiger partial charge in [0.05, 0.1) is 18.5 Å². The third-order valence-corrected chi connectivity index (χ3v) is 2.16. The molecule has 2 rings (SSSR count). The Morgan fingerprint density at radius 1 is 1.53 bits per heavy atom. The molecule has 2 heterocycles. The molecule has 90 valence electrons. The van der Waals surface area contributed by atoms with Crippen molar-refractivity contribution in [3.63, 3.8) is 0 Å². The minimum atomic E-state index is -0.873. The van der Waals surface area contributed by atoms with E-state index in [-0.39, 0.29) is 6.54 Å². The van der Waals surface area contributed by atoms with Gasteiger partial charge < -0.3 is 14.0 Å². The average Bonchev–Trinajstić information content (AvgIpc) is 2.84. The molecule has 0 bridgehead atoms. The molecule has 17 heavy (non-hydrogen) atoms. The number of hydrogen-bond acceptors (Lipinski definition) is 5. The Hall–Kier alpha value is -2.08. The smallest absolute Gasteiger partial charge is 0.317 e. The molecule has 0 saturated carbocycles. The molecule has 0 radical (unpaired) electrons. The molecule has 6 nitrogen and oxygen atoms in total. The fourth-order valence-corrected chi connectivity index (χ4v) is 1.48. The topological polar surface area (TPSA) is 79.7 Å². The second-order valence-corrected chi connectivity index (χ2v) is 3.73. The first-order valence-corrected chi connectivity index (χ1v) is 5.05. The fourth-order valence-electron chi connectivity index (χ4n) is 1.48. The summed E-state index contributed by atoms with van der Waals surface area (Å²) in [7, 11) is 1.70. The average molecular weight is 236 g/mol. The van der Waals surface area contributed by atoms with E-state index >= 15 is 0 Å². The molecule has 0 aromatic carbocycles. The number of nitrogens with zero attached hydrogens (tertiary/aromatic N) is 2. The third-order valence-electron chi connectivity index (χ3n) is 2.16. The normalized spacial score (nSPS) is 10.9. The van der Waals surface area contributed by atoms with Gasteiger partial charge in [0, 0.05) is 12.6 Å². The van der Waals surface area contributed by atoms with Crippen molar-refractivity contribution in [2.45, 2.75) is 6.54 Å². The van der Waals surface area contributed by atoms with Crippen LogP contribution < -0.4 is 0 Å². The number of furan rings is 1. The van der Waals surface area contributed by atoms with Gasteiger partial charge in [-0.05, 0) is 19.2 Å². The van der Waals surface area contributed by atoms with Crippen molar-refractivity contribution in [1.29, 1.82) is 0 Å². The Kier molecular flexibility index (Phi) is 3.24. The summed E-state index contributed by atoms with van der Waals surface area (Å²) >= 11 is 0. The molecule has 0 aliphatic carbocycles. The van der Waals surface area contributed by atoms with Gasteiger partial charge in [-0.3, -0.25) is 9.69 Å². The Labute approximate surface area is 97.4 Å². The molecule has 0 spiro atoms. The van der Waals surface area contributed by atoms with Crippen molar-refractivity contribution in [3.05, 3.63) is 30.2 Å². The fraction of sp³-hybridized carbons (Fsp3) is 0.273. The lowest BCUT2D eigenvalue weighted by molar-refractivity contribution is -0.138. The Morgan fingerprint density at radius 2 is 2.35 bits per heavy atom. The van der Waals surface area contributed by atoms with E-state index in [0.717, 1.165) is 0 Å². The van der Waals surface area contributed by atoms with Crippen molar-refractivity contribution in [2.24, 2.45) is 0 Å². The van der Waals surface area contributed by atoms with Gasteiger partial charge in [0.2, 0.25) is 5.76 Å². The van der Waals surface area contributed by atoms with Gasteiger partial charge in [0.25, 0.3) is 0 Å². The van der Waals surface area contributed by atoms with E-state index in [1.807, 2.05) is 0 Å². The van der Waals surface area contributed by atoms with Gasteiger partial charge >= 0.3 is 5.97 Å². The standard InChI is InChI=1S/C11H12N2O4/c1-13(7-11(14)15)6-8-5-10(17-12-8)9-3-2-4-16-9/h2-5H,6-7H2,1H3,(H,14,15).